The van der Waals surface area contributed by atoms with Crippen LogP contribution < -0.4 is 10.5 Å². The van der Waals surface area contributed by atoms with Gasteiger partial charge in [0.25, 0.3) is 0 Å². The molecule has 0 fully saturated rings. The molecule has 3 N–H and O–H groups in total. The molecular weight excluding hydrogens is 371 g/mol. The minimum Gasteiger partial charge on any atom is -0.324 e. The van der Waals surface area contributed by atoms with Crippen molar-refractivity contribution in [2.24, 2.45) is 5.73 Å². The van der Waals surface area contributed by atoms with Gasteiger partial charge in [0, 0.05) is 11.7 Å². The predicted molar refractivity (Wildman–Crippen MR) is 89.4 cm³/mol. The Morgan fingerprint density at radius 3 is 2.64 bits per heavy atom. The van der Waals surface area contributed by atoms with E-state index in [9.17, 15) is 12.8 Å². The molecule has 0 aliphatic rings. The molecule has 0 saturated carbocycles. The topological polar surface area (TPSA) is 72.2 Å². The van der Waals surface area contributed by atoms with Gasteiger partial charge in [-0.15, -0.1) is 0 Å². The van der Waals surface area contributed by atoms with Crippen molar-refractivity contribution in [2.75, 3.05) is 4.72 Å². The van der Waals surface area contributed by atoms with Crippen molar-refractivity contribution in [1.29, 1.82) is 0 Å². The lowest BCUT2D eigenvalue weighted by Crippen LogP contribution is -2.15. The van der Waals surface area contributed by atoms with Gasteiger partial charge in [0.1, 0.15) is 5.82 Å². The smallest absolute Gasteiger partial charge is 0.236 e. The summed E-state index contributed by atoms with van der Waals surface area (Å²) in [6.45, 7) is 1.82. The second kappa shape index (κ2) is 6.76. The molecule has 2 aromatic carbocycles. The highest BCUT2D eigenvalue weighted by Gasteiger charge is 2.13. The Balaban J connectivity index is 2.17. The van der Waals surface area contributed by atoms with E-state index in [1.165, 1.54) is 12.1 Å². The zero-order valence-corrected chi connectivity index (χ0v) is 14.3. The van der Waals surface area contributed by atoms with E-state index < -0.39 is 15.8 Å². The molecule has 0 amide bonds. The molecule has 118 valence electrons. The second-order valence-electron chi connectivity index (χ2n) is 5.02. The van der Waals surface area contributed by atoms with Crippen molar-refractivity contribution in [3.05, 3.63) is 63.9 Å². The van der Waals surface area contributed by atoms with Crippen molar-refractivity contribution < 1.29 is 12.8 Å². The summed E-state index contributed by atoms with van der Waals surface area (Å²) in [7, 11) is -3.63. The average Bonchev–Trinajstić information content (AvgIpc) is 2.42. The van der Waals surface area contributed by atoms with Gasteiger partial charge in [-0.25, -0.2) is 12.8 Å². The van der Waals surface area contributed by atoms with E-state index >= 15 is 0 Å². The highest BCUT2D eigenvalue weighted by Crippen LogP contribution is 2.20. The molecule has 0 aliphatic carbocycles. The number of nitrogens with one attached hydrogen (secondary N) is 1. The Hall–Kier alpha value is -1.44. The number of sulfonamides is 1. The number of halogens is 2. The quantitative estimate of drug-likeness (QED) is 0.824. The van der Waals surface area contributed by atoms with Crippen LogP contribution in [0.3, 0.4) is 0 Å². The monoisotopic (exact) mass is 386 g/mol. The van der Waals surface area contributed by atoms with Crippen molar-refractivity contribution in [2.45, 2.75) is 18.7 Å². The summed E-state index contributed by atoms with van der Waals surface area (Å²) < 4.78 is 40.6. The van der Waals surface area contributed by atoms with Crippen molar-refractivity contribution >= 4 is 31.6 Å². The molecule has 7 heteroatoms. The predicted octanol–water partition coefficient (Wildman–Crippen LogP) is 3.55. The molecule has 2 rings (SSSR count). The number of hydrogen-bond donors (Lipinski definition) is 2. The molecular formula is C15H16BrFN2O2S. The summed E-state index contributed by atoms with van der Waals surface area (Å²) >= 11 is 3.03. The molecule has 22 heavy (non-hydrogen) atoms. The summed E-state index contributed by atoms with van der Waals surface area (Å²) in [5.74, 6) is -0.800. The third kappa shape index (κ3) is 4.53. The minimum absolute atomic E-state index is 0.190. The number of anilines is 1. The molecule has 0 radical (unpaired) electrons. The third-order valence-electron chi connectivity index (χ3n) is 3.03. The summed E-state index contributed by atoms with van der Waals surface area (Å²) in [5.41, 5.74) is 7.42. The number of benzene rings is 2. The Labute approximate surface area is 137 Å². The standard InChI is InChI=1S/C15H16BrFN2O2S/c1-10(18)12-3-2-4-13(8-12)19-22(20,21)9-11-5-6-14(16)15(17)7-11/h2-8,10,19H,9,18H2,1H3/t10-/m1/s1. The van der Waals surface area contributed by atoms with Crippen LogP contribution in [0.1, 0.15) is 24.1 Å². The van der Waals surface area contributed by atoms with E-state index in [0.717, 1.165) is 5.56 Å². The molecule has 4 nitrogen and oxygen atoms in total. The fourth-order valence-electron chi connectivity index (χ4n) is 1.95. The van der Waals surface area contributed by atoms with Gasteiger partial charge in [-0.05, 0) is 58.2 Å². The van der Waals surface area contributed by atoms with Crippen LogP contribution in [0.5, 0.6) is 0 Å². The summed E-state index contributed by atoms with van der Waals surface area (Å²) in [6, 6.07) is 10.9. The molecule has 0 heterocycles. The fourth-order valence-corrected chi connectivity index (χ4v) is 3.37. The normalized spacial score (nSPS) is 12.9. The summed E-state index contributed by atoms with van der Waals surface area (Å²) in [6.07, 6.45) is 0. The number of hydrogen-bond acceptors (Lipinski definition) is 3. The van der Waals surface area contributed by atoms with E-state index in [1.54, 1.807) is 24.3 Å². The van der Waals surface area contributed by atoms with Crippen LogP contribution in [0, 0.1) is 5.82 Å². The average molecular weight is 387 g/mol. The molecule has 0 saturated heterocycles. The van der Waals surface area contributed by atoms with Crippen LogP contribution in [-0.4, -0.2) is 8.42 Å². The van der Waals surface area contributed by atoms with Gasteiger partial charge < -0.3 is 5.73 Å². The lowest BCUT2D eigenvalue weighted by atomic mass is 10.1. The SMILES string of the molecule is C[C@@H](N)c1cccc(NS(=O)(=O)Cc2ccc(Br)c(F)c2)c1. The Kier molecular flexibility index (Phi) is 5.20. The highest BCUT2D eigenvalue weighted by atomic mass is 79.9. The van der Waals surface area contributed by atoms with Crippen molar-refractivity contribution in [3.63, 3.8) is 0 Å². The van der Waals surface area contributed by atoms with Gasteiger partial charge in [-0.3, -0.25) is 4.72 Å². The van der Waals surface area contributed by atoms with Gasteiger partial charge >= 0.3 is 0 Å². The third-order valence-corrected chi connectivity index (χ3v) is 4.93. The van der Waals surface area contributed by atoms with E-state index in [2.05, 4.69) is 20.7 Å². The van der Waals surface area contributed by atoms with E-state index in [0.29, 0.717) is 15.7 Å². The zero-order valence-electron chi connectivity index (χ0n) is 11.9. The first-order valence-electron chi connectivity index (χ1n) is 6.57. The van der Waals surface area contributed by atoms with Crippen LogP contribution in [0.15, 0.2) is 46.9 Å². The molecule has 0 aliphatic heterocycles. The van der Waals surface area contributed by atoms with Gasteiger partial charge in [0.15, 0.2) is 0 Å². The molecule has 0 unspecified atom stereocenters. The number of nitrogens with two attached hydrogens (primary N) is 1. The second-order valence-corrected chi connectivity index (χ2v) is 7.60. The Bertz CT molecular complexity index is 779. The Morgan fingerprint density at radius 2 is 2.00 bits per heavy atom. The van der Waals surface area contributed by atoms with Crippen LogP contribution in [-0.2, 0) is 15.8 Å². The first-order valence-corrected chi connectivity index (χ1v) is 9.01. The molecule has 1 atom stereocenters. The summed E-state index contributed by atoms with van der Waals surface area (Å²) in [5, 5.41) is 0. The first-order chi connectivity index (χ1) is 10.3. The van der Waals surface area contributed by atoms with Crippen LogP contribution in [0.4, 0.5) is 10.1 Å². The van der Waals surface area contributed by atoms with Gasteiger partial charge in [0.2, 0.25) is 10.0 Å². The van der Waals surface area contributed by atoms with Crippen LogP contribution in [0.2, 0.25) is 0 Å². The maximum Gasteiger partial charge on any atom is 0.236 e. The number of rotatable bonds is 5. The van der Waals surface area contributed by atoms with E-state index in [-0.39, 0.29) is 11.8 Å². The maximum absolute atomic E-state index is 13.4. The fraction of sp³-hybridized carbons (Fsp3) is 0.200. The highest BCUT2D eigenvalue weighted by molar-refractivity contribution is 9.10. The van der Waals surface area contributed by atoms with E-state index in [4.69, 9.17) is 5.73 Å². The van der Waals surface area contributed by atoms with Crippen molar-refractivity contribution in [3.8, 4) is 0 Å². The lowest BCUT2D eigenvalue weighted by molar-refractivity contribution is 0.599. The zero-order chi connectivity index (χ0) is 16.3. The van der Waals surface area contributed by atoms with Crippen molar-refractivity contribution in [1.82, 2.24) is 0 Å². The van der Waals surface area contributed by atoms with Gasteiger partial charge in [-0.1, -0.05) is 18.2 Å². The van der Waals surface area contributed by atoms with Gasteiger partial charge in [0.05, 0.1) is 10.2 Å². The molecule has 0 bridgehead atoms. The first kappa shape index (κ1) is 16.9. The minimum atomic E-state index is -3.63. The molecule has 0 spiro atoms. The van der Waals surface area contributed by atoms with E-state index in [1.807, 2.05) is 13.0 Å². The molecule has 2 aromatic rings. The molecule has 0 aromatic heterocycles. The van der Waals surface area contributed by atoms with Gasteiger partial charge in [-0.2, -0.15) is 0 Å². The maximum atomic E-state index is 13.4. The Morgan fingerprint density at radius 1 is 1.27 bits per heavy atom. The van der Waals surface area contributed by atoms with Crippen LogP contribution in [0.25, 0.3) is 0 Å². The lowest BCUT2D eigenvalue weighted by Gasteiger charge is -2.11. The summed E-state index contributed by atoms with van der Waals surface area (Å²) in [4.78, 5) is 0. The van der Waals surface area contributed by atoms with Crippen LogP contribution >= 0.6 is 15.9 Å². The largest absolute Gasteiger partial charge is 0.324 e.